The first-order chi connectivity index (χ1) is 12.9. The molecular formula is C17H12Cl3N5O2. The molecule has 0 aliphatic heterocycles. The van der Waals surface area contributed by atoms with E-state index in [9.17, 15) is 10.1 Å². The Morgan fingerprint density at radius 3 is 2.41 bits per heavy atom. The highest BCUT2D eigenvalue weighted by atomic mass is 35.5. The van der Waals surface area contributed by atoms with Crippen LogP contribution < -0.4 is 5.32 Å². The van der Waals surface area contributed by atoms with Gasteiger partial charge in [-0.3, -0.25) is 10.1 Å². The minimum absolute atomic E-state index is 0.0404. The fourth-order valence-corrected chi connectivity index (χ4v) is 2.72. The molecule has 0 aliphatic rings. The molecule has 0 unspecified atom stereocenters. The van der Waals surface area contributed by atoms with E-state index in [4.69, 9.17) is 34.8 Å². The summed E-state index contributed by atoms with van der Waals surface area (Å²) in [4.78, 5) is 11.1. The van der Waals surface area contributed by atoms with Crippen molar-refractivity contribution in [2.75, 3.05) is 5.32 Å². The number of rotatable bonds is 5. The van der Waals surface area contributed by atoms with Gasteiger partial charge in [-0.15, -0.1) is 5.10 Å². The van der Waals surface area contributed by atoms with Crippen molar-refractivity contribution in [1.29, 1.82) is 0 Å². The summed E-state index contributed by atoms with van der Waals surface area (Å²) >= 11 is 17.5. The average Bonchev–Trinajstić information content (AvgIpc) is 3.06. The molecule has 138 valence electrons. The smallest absolute Gasteiger partial charge is 0.332 e. The van der Waals surface area contributed by atoms with Crippen LogP contribution in [0, 0.1) is 17.0 Å². The van der Waals surface area contributed by atoms with E-state index in [0.717, 1.165) is 5.56 Å². The average molecular weight is 425 g/mol. The summed E-state index contributed by atoms with van der Waals surface area (Å²) in [6.45, 7) is 1.93. The van der Waals surface area contributed by atoms with Gasteiger partial charge in [0.15, 0.2) is 5.03 Å². The van der Waals surface area contributed by atoms with E-state index in [1.807, 2.05) is 19.1 Å². The highest BCUT2D eigenvalue weighted by Gasteiger charge is 2.28. The Morgan fingerprint density at radius 1 is 1.11 bits per heavy atom. The Morgan fingerprint density at radius 2 is 1.78 bits per heavy atom. The monoisotopic (exact) mass is 423 g/mol. The van der Waals surface area contributed by atoms with Gasteiger partial charge in [0.1, 0.15) is 10.0 Å². The molecule has 3 aromatic rings. The molecule has 0 atom stereocenters. The Labute approximate surface area is 169 Å². The lowest BCUT2D eigenvalue weighted by atomic mass is 10.2. The second kappa shape index (κ2) is 7.96. The van der Waals surface area contributed by atoms with E-state index < -0.39 is 20.1 Å². The zero-order valence-electron chi connectivity index (χ0n) is 13.9. The number of allylic oxidation sites excluding steroid dienone is 1. The van der Waals surface area contributed by atoms with Crippen LogP contribution in [0.4, 0.5) is 5.69 Å². The predicted octanol–water partition coefficient (Wildman–Crippen LogP) is 5.14. The lowest BCUT2D eigenvalue weighted by molar-refractivity contribution is -0.419. The zero-order valence-corrected chi connectivity index (χ0v) is 16.1. The molecule has 3 rings (SSSR count). The van der Waals surface area contributed by atoms with Gasteiger partial charge in [0.05, 0.1) is 10.4 Å². The normalized spacial score (nSPS) is 11.9. The molecule has 0 aliphatic carbocycles. The van der Waals surface area contributed by atoms with Crippen molar-refractivity contribution in [3.63, 3.8) is 0 Å². The van der Waals surface area contributed by atoms with Crippen LogP contribution in [0.3, 0.4) is 0 Å². The van der Waals surface area contributed by atoms with Crippen molar-refractivity contribution in [3.8, 4) is 0 Å². The van der Waals surface area contributed by atoms with Gasteiger partial charge in [-0.25, -0.2) is 0 Å². The lowest BCUT2D eigenvalue weighted by Gasteiger charge is -2.12. The Balaban J connectivity index is 2.28. The molecule has 27 heavy (non-hydrogen) atoms. The first kappa shape index (κ1) is 19.2. The molecule has 0 bridgehead atoms. The number of aryl methyl sites for hydroxylation is 1. The van der Waals surface area contributed by atoms with Gasteiger partial charge in [-0.1, -0.05) is 69.8 Å². The van der Waals surface area contributed by atoms with Crippen LogP contribution in [0.25, 0.3) is 16.9 Å². The minimum atomic E-state index is -0.680. The second-order valence-corrected chi connectivity index (χ2v) is 6.84. The number of nitrogens with zero attached hydrogens (tertiary/aromatic N) is 4. The van der Waals surface area contributed by atoms with E-state index in [1.54, 1.807) is 36.4 Å². The van der Waals surface area contributed by atoms with Crippen molar-refractivity contribution in [3.05, 3.63) is 79.4 Å². The zero-order chi connectivity index (χ0) is 19.6. The molecule has 1 heterocycles. The number of para-hydroxylation sites is 1. The third-order valence-electron chi connectivity index (χ3n) is 3.66. The number of benzene rings is 2. The molecule has 0 saturated heterocycles. The molecular weight excluding hydrogens is 413 g/mol. The van der Waals surface area contributed by atoms with Crippen LogP contribution in [0.15, 0.2) is 63.8 Å². The number of anilines is 1. The summed E-state index contributed by atoms with van der Waals surface area (Å²) in [5.74, 6) is -0.0404. The fourth-order valence-electron chi connectivity index (χ4n) is 2.38. The topological polar surface area (TPSA) is 85.9 Å². The summed E-state index contributed by atoms with van der Waals surface area (Å²) in [5.41, 5.74) is 2.19. The number of hydrogen-bond acceptors (Lipinski definition) is 5. The molecule has 0 spiro atoms. The van der Waals surface area contributed by atoms with Crippen LogP contribution in [-0.2, 0) is 0 Å². The van der Waals surface area contributed by atoms with Gasteiger partial charge in [0.25, 0.3) is 0 Å². The molecule has 0 fully saturated rings. The van der Waals surface area contributed by atoms with Crippen LogP contribution in [0.2, 0.25) is 0 Å². The maximum absolute atomic E-state index is 11.8. The summed E-state index contributed by atoms with van der Waals surface area (Å²) in [7, 11) is 0. The number of halogens is 3. The third kappa shape index (κ3) is 4.05. The maximum atomic E-state index is 11.8. The molecule has 0 saturated carbocycles. The number of aromatic nitrogens is 3. The Hall–Kier alpha value is -2.61. The maximum Gasteiger partial charge on any atom is 0.332 e. The second-order valence-electron chi connectivity index (χ2n) is 5.51. The van der Waals surface area contributed by atoms with E-state index in [-0.39, 0.29) is 5.82 Å². The minimum Gasteiger partial charge on any atom is -0.334 e. The summed E-state index contributed by atoms with van der Waals surface area (Å²) < 4.78 is 0.850. The van der Waals surface area contributed by atoms with Crippen molar-refractivity contribution in [1.82, 2.24) is 15.0 Å². The number of fused-ring (bicyclic) bond motifs is 1. The van der Waals surface area contributed by atoms with Crippen molar-refractivity contribution in [2.45, 2.75) is 6.92 Å². The van der Waals surface area contributed by atoms with Gasteiger partial charge < -0.3 is 5.32 Å². The van der Waals surface area contributed by atoms with Crippen molar-refractivity contribution < 1.29 is 4.92 Å². The quantitative estimate of drug-likeness (QED) is 0.348. The molecule has 2 aromatic carbocycles. The van der Waals surface area contributed by atoms with Gasteiger partial charge >= 0.3 is 5.70 Å². The molecule has 0 amide bonds. The molecule has 10 heteroatoms. The first-order valence-electron chi connectivity index (χ1n) is 7.63. The van der Waals surface area contributed by atoms with Crippen molar-refractivity contribution >= 4 is 57.3 Å². The SMILES string of the molecule is Cc1ccc(N/C(=C(/C(Cl)=C(Cl)Cl)[N+](=O)[O-])n2nnc3ccccc32)cc1. The fraction of sp³-hybridized carbons (Fsp3) is 0.0588. The summed E-state index contributed by atoms with van der Waals surface area (Å²) in [5, 5.41) is 22.4. The number of nitro groups is 1. The van der Waals surface area contributed by atoms with E-state index >= 15 is 0 Å². The molecule has 1 aromatic heterocycles. The molecule has 7 nitrogen and oxygen atoms in total. The lowest BCUT2D eigenvalue weighted by Crippen LogP contribution is -2.16. The summed E-state index contributed by atoms with van der Waals surface area (Å²) in [6.07, 6.45) is 0. The Kier molecular flexibility index (Phi) is 5.65. The van der Waals surface area contributed by atoms with Gasteiger partial charge in [0.2, 0.25) is 5.82 Å². The van der Waals surface area contributed by atoms with Crippen molar-refractivity contribution in [2.24, 2.45) is 0 Å². The number of hydrogen-bond donors (Lipinski definition) is 1. The van der Waals surface area contributed by atoms with Crippen LogP contribution >= 0.6 is 34.8 Å². The first-order valence-corrected chi connectivity index (χ1v) is 8.76. The number of nitrogens with one attached hydrogen (secondary N) is 1. The van der Waals surface area contributed by atoms with Gasteiger partial charge in [-0.2, -0.15) is 4.68 Å². The Bertz CT molecular complexity index is 1070. The van der Waals surface area contributed by atoms with Crippen LogP contribution in [0.5, 0.6) is 0 Å². The standard InChI is InChI=1S/C17H12Cl3N5O2/c1-10-6-8-11(9-7-10)21-17(15(25(26)27)14(18)16(19)20)24-13-5-3-2-4-12(13)22-23-24/h2-9,21H,1H3/b17-15+. The van der Waals surface area contributed by atoms with E-state index in [1.165, 1.54) is 4.68 Å². The molecule has 0 radical (unpaired) electrons. The largest absolute Gasteiger partial charge is 0.334 e. The van der Waals surface area contributed by atoms with Crippen LogP contribution in [0.1, 0.15) is 5.56 Å². The highest BCUT2D eigenvalue weighted by Crippen LogP contribution is 2.31. The van der Waals surface area contributed by atoms with Gasteiger partial charge in [-0.05, 0) is 31.2 Å². The molecule has 1 N–H and O–H groups in total. The van der Waals surface area contributed by atoms with Gasteiger partial charge in [0, 0.05) is 5.69 Å². The summed E-state index contributed by atoms with van der Waals surface area (Å²) in [6, 6.07) is 14.3. The third-order valence-corrected chi connectivity index (χ3v) is 4.60. The van der Waals surface area contributed by atoms with Crippen LogP contribution in [-0.4, -0.2) is 19.9 Å². The highest BCUT2D eigenvalue weighted by molar-refractivity contribution is 6.59. The van der Waals surface area contributed by atoms with E-state index in [2.05, 4.69) is 15.6 Å². The predicted molar refractivity (Wildman–Crippen MR) is 107 cm³/mol. The van der Waals surface area contributed by atoms with E-state index in [0.29, 0.717) is 16.7 Å².